The van der Waals surface area contributed by atoms with E-state index in [0.29, 0.717) is 12.4 Å². The van der Waals surface area contributed by atoms with Gasteiger partial charge in [0, 0.05) is 19.8 Å². The lowest BCUT2D eigenvalue weighted by molar-refractivity contribution is 0.584. The van der Waals surface area contributed by atoms with Crippen LogP contribution in [0.25, 0.3) is 0 Å². The van der Waals surface area contributed by atoms with E-state index in [4.69, 9.17) is 0 Å². The molecule has 0 spiro atoms. The molecule has 0 fully saturated rings. The molecule has 78 valence electrons. The zero-order chi connectivity index (χ0) is 10.6. The number of rotatable bonds is 4. The minimum absolute atomic E-state index is 0.171. The Kier molecular flexibility index (Phi) is 3.43. The van der Waals surface area contributed by atoms with Crippen molar-refractivity contribution >= 4 is 15.8 Å². The second kappa shape index (κ2) is 4.39. The molecule has 0 saturated heterocycles. The topological polar surface area (TPSA) is 71.1 Å². The van der Waals surface area contributed by atoms with Gasteiger partial charge in [-0.15, -0.1) is 0 Å². The Bertz CT molecular complexity index is 403. The van der Waals surface area contributed by atoms with Crippen LogP contribution in [0.2, 0.25) is 0 Å². The van der Waals surface area contributed by atoms with E-state index in [2.05, 4.69) is 15.0 Å². The number of pyridine rings is 1. The van der Waals surface area contributed by atoms with E-state index in [1.54, 1.807) is 20.0 Å². The molecule has 1 aromatic rings. The molecule has 0 aromatic carbocycles. The van der Waals surface area contributed by atoms with Crippen molar-refractivity contribution in [1.29, 1.82) is 0 Å². The van der Waals surface area contributed by atoms with Gasteiger partial charge in [0.1, 0.15) is 10.7 Å². The zero-order valence-electron chi connectivity index (χ0n) is 8.11. The number of anilines is 1. The third kappa shape index (κ3) is 2.21. The van der Waals surface area contributed by atoms with Crippen LogP contribution in [0, 0.1) is 0 Å². The van der Waals surface area contributed by atoms with Gasteiger partial charge in [0.2, 0.25) is 10.0 Å². The van der Waals surface area contributed by atoms with Gasteiger partial charge in [0.15, 0.2) is 0 Å². The fourth-order valence-corrected chi connectivity index (χ4v) is 2.27. The molecule has 14 heavy (non-hydrogen) atoms. The van der Waals surface area contributed by atoms with Crippen LogP contribution in [0.15, 0.2) is 23.2 Å². The van der Waals surface area contributed by atoms with Crippen LogP contribution in [0.3, 0.4) is 0 Å². The van der Waals surface area contributed by atoms with Gasteiger partial charge >= 0.3 is 0 Å². The van der Waals surface area contributed by atoms with E-state index in [0.717, 1.165) is 0 Å². The van der Waals surface area contributed by atoms with Gasteiger partial charge in [-0.25, -0.2) is 18.1 Å². The van der Waals surface area contributed by atoms with E-state index in [1.165, 1.54) is 12.3 Å². The first-order valence-electron chi connectivity index (χ1n) is 4.24. The number of hydrogen-bond donors (Lipinski definition) is 2. The maximum Gasteiger partial charge on any atom is 0.244 e. The maximum absolute atomic E-state index is 11.6. The van der Waals surface area contributed by atoms with Crippen LogP contribution >= 0.6 is 0 Å². The molecule has 0 radical (unpaired) electrons. The minimum Gasteiger partial charge on any atom is -0.372 e. The van der Waals surface area contributed by atoms with Crippen LogP contribution < -0.4 is 10.0 Å². The summed E-state index contributed by atoms with van der Waals surface area (Å²) < 4.78 is 25.6. The molecule has 1 heterocycles. The Morgan fingerprint density at radius 3 is 2.79 bits per heavy atom. The van der Waals surface area contributed by atoms with Gasteiger partial charge in [0.05, 0.1) is 0 Å². The molecule has 0 aliphatic carbocycles. The van der Waals surface area contributed by atoms with Crippen molar-refractivity contribution in [2.75, 3.05) is 18.9 Å². The molecule has 0 atom stereocenters. The predicted molar refractivity (Wildman–Crippen MR) is 54.6 cm³/mol. The highest BCUT2D eigenvalue weighted by Crippen LogP contribution is 2.16. The lowest BCUT2D eigenvalue weighted by atomic mass is 10.5. The Labute approximate surface area is 83.6 Å². The summed E-state index contributed by atoms with van der Waals surface area (Å²) in [5.41, 5.74) is 0. The van der Waals surface area contributed by atoms with Crippen LogP contribution in [0.4, 0.5) is 5.82 Å². The van der Waals surface area contributed by atoms with Gasteiger partial charge in [-0.05, 0) is 12.1 Å². The van der Waals surface area contributed by atoms with E-state index in [9.17, 15) is 8.42 Å². The first-order chi connectivity index (χ1) is 6.61. The molecule has 5 nitrogen and oxygen atoms in total. The Hall–Kier alpha value is -1.14. The van der Waals surface area contributed by atoms with Crippen molar-refractivity contribution in [3.05, 3.63) is 18.3 Å². The monoisotopic (exact) mass is 215 g/mol. The number of sulfonamides is 1. The molecular weight excluding hydrogens is 202 g/mol. The van der Waals surface area contributed by atoms with Gasteiger partial charge in [-0.2, -0.15) is 0 Å². The first-order valence-corrected chi connectivity index (χ1v) is 5.72. The first kappa shape index (κ1) is 10.9. The van der Waals surface area contributed by atoms with Gasteiger partial charge in [-0.3, -0.25) is 0 Å². The summed E-state index contributed by atoms with van der Waals surface area (Å²) in [6.45, 7) is 2.09. The summed E-state index contributed by atoms with van der Waals surface area (Å²) in [6.07, 6.45) is 1.54. The summed E-state index contributed by atoms with van der Waals surface area (Å²) in [5, 5.41) is 2.73. The maximum atomic E-state index is 11.6. The lowest BCUT2D eigenvalue weighted by Crippen LogP contribution is -2.24. The van der Waals surface area contributed by atoms with Crippen LogP contribution in [-0.4, -0.2) is 27.0 Å². The van der Waals surface area contributed by atoms with Crippen molar-refractivity contribution in [3.63, 3.8) is 0 Å². The zero-order valence-corrected chi connectivity index (χ0v) is 8.93. The summed E-state index contributed by atoms with van der Waals surface area (Å²) in [5.74, 6) is 0.355. The van der Waals surface area contributed by atoms with Gasteiger partial charge in [-0.1, -0.05) is 6.92 Å². The van der Waals surface area contributed by atoms with Crippen molar-refractivity contribution in [1.82, 2.24) is 9.71 Å². The molecule has 0 aliphatic rings. The smallest absolute Gasteiger partial charge is 0.244 e. The number of hydrogen-bond acceptors (Lipinski definition) is 4. The van der Waals surface area contributed by atoms with Gasteiger partial charge in [0.25, 0.3) is 0 Å². The van der Waals surface area contributed by atoms with Crippen LogP contribution in [0.1, 0.15) is 6.92 Å². The highest BCUT2D eigenvalue weighted by molar-refractivity contribution is 7.89. The molecule has 0 bridgehead atoms. The third-order valence-electron chi connectivity index (χ3n) is 1.63. The van der Waals surface area contributed by atoms with Crippen molar-refractivity contribution < 1.29 is 8.42 Å². The summed E-state index contributed by atoms with van der Waals surface area (Å²) in [4.78, 5) is 4.09. The van der Waals surface area contributed by atoms with Crippen molar-refractivity contribution in [2.24, 2.45) is 0 Å². The molecule has 6 heteroatoms. The highest BCUT2D eigenvalue weighted by atomic mass is 32.2. The lowest BCUT2D eigenvalue weighted by Gasteiger charge is -2.08. The molecule has 0 saturated carbocycles. The predicted octanol–water partition coefficient (Wildman–Crippen LogP) is 0.421. The van der Waals surface area contributed by atoms with Crippen LogP contribution in [-0.2, 0) is 10.0 Å². The third-order valence-corrected chi connectivity index (χ3v) is 3.21. The Morgan fingerprint density at radius 1 is 1.50 bits per heavy atom. The molecule has 2 N–H and O–H groups in total. The van der Waals surface area contributed by atoms with E-state index in [-0.39, 0.29) is 4.90 Å². The second-order valence-electron chi connectivity index (χ2n) is 2.60. The minimum atomic E-state index is -3.43. The Morgan fingerprint density at radius 2 is 2.21 bits per heavy atom. The van der Waals surface area contributed by atoms with E-state index < -0.39 is 10.0 Å². The van der Waals surface area contributed by atoms with E-state index in [1.807, 2.05) is 0 Å². The van der Waals surface area contributed by atoms with Crippen molar-refractivity contribution in [3.8, 4) is 0 Å². The molecule has 0 amide bonds. The summed E-state index contributed by atoms with van der Waals surface area (Å²) >= 11 is 0. The molecule has 0 aliphatic heterocycles. The molecular formula is C8H13N3O2S. The fourth-order valence-electron chi connectivity index (χ4n) is 1.06. The molecule has 1 rings (SSSR count). The quantitative estimate of drug-likeness (QED) is 0.763. The SMILES string of the molecule is CCNS(=O)(=O)c1cccnc1NC. The molecule has 1 aromatic heterocycles. The average molecular weight is 215 g/mol. The standard InChI is InChI=1S/C8H13N3O2S/c1-3-11-14(12,13)7-5-4-6-10-8(7)9-2/h4-6,11H,3H2,1-2H3,(H,9,10). The largest absolute Gasteiger partial charge is 0.372 e. The summed E-state index contributed by atoms with van der Waals surface area (Å²) in [6, 6.07) is 3.10. The average Bonchev–Trinajstić information content (AvgIpc) is 2.18. The van der Waals surface area contributed by atoms with E-state index >= 15 is 0 Å². The fraction of sp³-hybridized carbons (Fsp3) is 0.375. The Balaban J connectivity index is 3.18. The molecule has 0 unspecified atom stereocenters. The van der Waals surface area contributed by atoms with Crippen molar-refractivity contribution in [2.45, 2.75) is 11.8 Å². The van der Waals surface area contributed by atoms with Gasteiger partial charge < -0.3 is 5.32 Å². The van der Waals surface area contributed by atoms with Crippen LogP contribution in [0.5, 0.6) is 0 Å². The second-order valence-corrected chi connectivity index (χ2v) is 4.34. The number of aromatic nitrogens is 1. The number of nitrogens with zero attached hydrogens (tertiary/aromatic N) is 1. The normalized spacial score (nSPS) is 11.3. The highest BCUT2D eigenvalue weighted by Gasteiger charge is 2.16. The summed E-state index contributed by atoms with van der Waals surface area (Å²) in [7, 11) is -1.80. The number of nitrogens with one attached hydrogen (secondary N) is 2.